The minimum Gasteiger partial charge on any atom is -0.384 e. The largest absolute Gasteiger partial charge is 0.384 e. The van der Waals surface area contributed by atoms with E-state index in [0.717, 1.165) is 11.4 Å². The zero-order valence-electron chi connectivity index (χ0n) is 10.1. The molecule has 1 heterocycles. The molecule has 4 nitrogen and oxygen atoms in total. The van der Waals surface area contributed by atoms with Gasteiger partial charge in [-0.05, 0) is 13.3 Å². The first-order valence-corrected chi connectivity index (χ1v) is 6.41. The zero-order valence-corrected chi connectivity index (χ0v) is 10.9. The van der Waals surface area contributed by atoms with Crippen molar-refractivity contribution < 1.29 is 4.74 Å². The minimum absolute atomic E-state index is 0.426. The van der Waals surface area contributed by atoms with Gasteiger partial charge in [0.1, 0.15) is 17.5 Å². The van der Waals surface area contributed by atoms with Crippen molar-refractivity contribution in [1.29, 1.82) is 0 Å². The highest BCUT2D eigenvalue weighted by Crippen LogP contribution is 2.24. The van der Waals surface area contributed by atoms with Crippen molar-refractivity contribution in [2.45, 2.75) is 44.1 Å². The van der Waals surface area contributed by atoms with E-state index in [0.29, 0.717) is 30.1 Å². The highest BCUT2D eigenvalue weighted by atomic mass is 32.2. The fraction of sp³-hybridized carbons (Fsp3) is 0.636. The van der Waals surface area contributed by atoms with Crippen LogP contribution < -0.4 is 5.73 Å². The number of thioether (sulfide) groups is 1. The van der Waals surface area contributed by atoms with Crippen LogP contribution in [-0.4, -0.2) is 21.8 Å². The Hall–Kier alpha value is -0.810. The summed E-state index contributed by atoms with van der Waals surface area (Å²) in [6, 6.07) is 1.81. The summed E-state index contributed by atoms with van der Waals surface area (Å²) in [6.45, 7) is 7.36. The van der Waals surface area contributed by atoms with Crippen LogP contribution in [0, 0.1) is 0 Å². The molecule has 0 aliphatic rings. The van der Waals surface area contributed by atoms with Gasteiger partial charge in [0.15, 0.2) is 5.82 Å². The van der Waals surface area contributed by atoms with E-state index < -0.39 is 0 Å². The molecule has 0 aliphatic heterocycles. The van der Waals surface area contributed by atoms with E-state index >= 15 is 0 Å². The molecule has 0 fully saturated rings. The van der Waals surface area contributed by atoms with Crippen molar-refractivity contribution in [1.82, 2.24) is 9.97 Å². The van der Waals surface area contributed by atoms with Gasteiger partial charge in [-0.3, -0.25) is 0 Å². The Morgan fingerprint density at radius 1 is 1.44 bits per heavy atom. The molecule has 1 rings (SSSR count). The van der Waals surface area contributed by atoms with Crippen LogP contribution in [0.2, 0.25) is 0 Å². The number of hydrogen-bond donors (Lipinski definition) is 1. The molecule has 0 bridgehead atoms. The molecule has 5 heteroatoms. The molecule has 1 atom stereocenters. The molecule has 1 aromatic rings. The second-order valence-electron chi connectivity index (χ2n) is 3.52. The third kappa shape index (κ3) is 4.37. The molecule has 0 amide bonds. The molecule has 1 unspecified atom stereocenters. The first-order valence-electron chi connectivity index (χ1n) is 5.53. The lowest BCUT2D eigenvalue weighted by Gasteiger charge is -2.09. The first-order chi connectivity index (χ1) is 7.65. The molecule has 0 saturated carbocycles. The number of rotatable bonds is 6. The Morgan fingerprint density at radius 3 is 2.81 bits per heavy atom. The average molecular weight is 241 g/mol. The number of anilines is 1. The Morgan fingerprint density at radius 2 is 2.19 bits per heavy atom. The Kier molecular flexibility index (Phi) is 5.55. The van der Waals surface area contributed by atoms with E-state index in [-0.39, 0.29) is 0 Å². The fourth-order valence-electron chi connectivity index (χ4n) is 1.10. The van der Waals surface area contributed by atoms with Gasteiger partial charge in [-0.15, -0.1) is 11.8 Å². The van der Waals surface area contributed by atoms with Crippen molar-refractivity contribution >= 4 is 17.6 Å². The summed E-state index contributed by atoms with van der Waals surface area (Å²) in [5, 5.41) is 1.46. The quantitative estimate of drug-likeness (QED) is 0.612. The maximum atomic E-state index is 5.73. The predicted octanol–water partition coefficient (Wildman–Crippen LogP) is 2.49. The van der Waals surface area contributed by atoms with E-state index in [1.54, 1.807) is 11.8 Å². The van der Waals surface area contributed by atoms with Crippen LogP contribution in [0.5, 0.6) is 0 Å². The topological polar surface area (TPSA) is 61.0 Å². The average Bonchev–Trinajstić information content (AvgIpc) is 2.25. The van der Waals surface area contributed by atoms with Crippen molar-refractivity contribution in [2.75, 3.05) is 12.3 Å². The number of nitrogen functional groups attached to an aromatic ring is 1. The third-order valence-electron chi connectivity index (χ3n) is 2.10. The summed E-state index contributed by atoms with van der Waals surface area (Å²) < 4.78 is 5.27. The normalized spacial score (nSPS) is 12.7. The van der Waals surface area contributed by atoms with Crippen LogP contribution in [-0.2, 0) is 11.3 Å². The van der Waals surface area contributed by atoms with Gasteiger partial charge in [0.05, 0.1) is 0 Å². The minimum atomic E-state index is 0.426. The summed E-state index contributed by atoms with van der Waals surface area (Å²) in [5.41, 5.74) is 5.73. The van der Waals surface area contributed by atoms with E-state index in [1.165, 1.54) is 0 Å². The number of aromatic nitrogens is 2. The van der Waals surface area contributed by atoms with E-state index in [4.69, 9.17) is 10.5 Å². The van der Waals surface area contributed by atoms with Gasteiger partial charge in [0.25, 0.3) is 0 Å². The smallest absolute Gasteiger partial charge is 0.157 e. The maximum absolute atomic E-state index is 5.73. The standard InChI is InChI=1S/C11H19N3OS/c1-4-8(3)16-11-6-9(12)13-10(14-11)7-15-5-2/h6,8H,4-5,7H2,1-3H3,(H2,12,13,14). The van der Waals surface area contributed by atoms with Crippen molar-refractivity contribution in [2.24, 2.45) is 0 Å². The lowest BCUT2D eigenvalue weighted by atomic mass is 10.4. The second-order valence-corrected chi connectivity index (χ2v) is 4.98. The molecule has 0 aromatic carbocycles. The van der Waals surface area contributed by atoms with Gasteiger partial charge in [-0.2, -0.15) is 0 Å². The SMILES string of the molecule is CCOCc1nc(N)cc(SC(C)CC)n1. The molecular weight excluding hydrogens is 222 g/mol. The van der Waals surface area contributed by atoms with Gasteiger partial charge in [0.2, 0.25) is 0 Å². The zero-order chi connectivity index (χ0) is 12.0. The molecule has 2 N–H and O–H groups in total. The highest BCUT2D eigenvalue weighted by Gasteiger charge is 2.07. The van der Waals surface area contributed by atoms with Gasteiger partial charge < -0.3 is 10.5 Å². The molecule has 90 valence electrons. The molecule has 0 aliphatic carbocycles. The first kappa shape index (κ1) is 13.3. The summed E-state index contributed by atoms with van der Waals surface area (Å²) in [4.78, 5) is 8.54. The summed E-state index contributed by atoms with van der Waals surface area (Å²) in [7, 11) is 0. The van der Waals surface area contributed by atoms with Crippen LogP contribution in [0.3, 0.4) is 0 Å². The Balaban J connectivity index is 2.73. The number of nitrogens with zero attached hydrogens (tertiary/aromatic N) is 2. The summed E-state index contributed by atoms with van der Waals surface area (Å²) >= 11 is 1.72. The molecular formula is C11H19N3OS. The van der Waals surface area contributed by atoms with Gasteiger partial charge in [-0.25, -0.2) is 9.97 Å². The van der Waals surface area contributed by atoms with Crippen LogP contribution >= 0.6 is 11.8 Å². The summed E-state index contributed by atoms with van der Waals surface area (Å²) in [6.07, 6.45) is 1.11. The van der Waals surface area contributed by atoms with Crippen LogP contribution in [0.4, 0.5) is 5.82 Å². The molecule has 0 saturated heterocycles. The third-order valence-corrected chi connectivity index (χ3v) is 3.29. The fourth-order valence-corrected chi connectivity index (χ4v) is 2.03. The lowest BCUT2D eigenvalue weighted by molar-refractivity contribution is 0.128. The van der Waals surface area contributed by atoms with Crippen LogP contribution in [0.15, 0.2) is 11.1 Å². The van der Waals surface area contributed by atoms with Crippen LogP contribution in [0.25, 0.3) is 0 Å². The number of nitrogens with two attached hydrogens (primary N) is 1. The Bertz CT molecular complexity index is 333. The van der Waals surface area contributed by atoms with E-state index in [2.05, 4.69) is 23.8 Å². The van der Waals surface area contributed by atoms with Crippen molar-refractivity contribution in [3.63, 3.8) is 0 Å². The molecule has 0 spiro atoms. The number of ether oxygens (including phenoxy) is 1. The summed E-state index contributed by atoms with van der Waals surface area (Å²) in [5.74, 6) is 1.17. The van der Waals surface area contributed by atoms with Gasteiger partial charge in [-0.1, -0.05) is 13.8 Å². The predicted molar refractivity (Wildman–Crippen MR) is 67.4 cm³/mol. The molecule has 16 heavy (non-hydrogen) atoms. The van der Waals surface area contributed by atoms with Gasteiger partial charge in [0, 0.05) is 17.9 Å². The monoisotopic (exact) mass is 241 g/mol. The van der Waals surface area contributed by atoms with Crippen molar-refractivity contribution in [3.8, 4) is 0 Å². The van der Waals surface area contributed by atoms with E-state index in [1.807, 2.05) is 13.0 Å². The molecule has 1 aromatic heterocycles. The maximum Gasteiger partial charge on any atom is 0.157 e. The van der Waals surface area contributed by atoms with Crippen LogP contribution in [0.1, 0.15) is 33.0 Å². The highest BCUT2D eigenvalue weighted by molar-refractivity contribution is 7.99. The van der Waals surface area contributed by atoms with Crippen molar-refractivity contribution in [3.05, 3.63) is 11.9 Å². The molecule has 0 radical (unpaired) electrons. The second kappa shape index (κ2) is 6.70. The number of hydrogen-bond acceptors (Lipinski definition) is 5. The Labute approximate surface area is 101 Å². The lowest BCUT2D eigenvalue weighted by Crippen LogP contribution is -2.04. The van der Waals surface area contributed by atoms with Gasteiger partial charge >= 0.3 is 0 Å². The van der Waals surface area contributed by atoms with E-state index in [9.17, 15) is 0 Å².